The molecule has 0 bridgehead atoms. The van der Waals surface area contributed by atoms with Crippen LogP contribution in [-0.2, 0) is 11.2 Å². The van der Waals surface area contributed by atoms with Crippen molar-refractivity contribution in [2.45, 2.75) is 31.8 Å². The number of ether oxygens (including phenoxy) is 1. The van der Waals surface area contributed by atoms with Gasteiger partial charge in [-0.2, -0.15) is 0 Å². The molecule has 0 spiro atoms. The third-order valence-corrected chi connectivity index (χ3v) is 5.16. The van der Waals surface area contributed by atoms with Gasteiger partial charge in [0.2, 0.25) is 0 Å². The Morgan fingerprint density at radius 3 is 2.84 bits per heavy atom. The topological polar surface area (TPSA) is 29.5 Å². The lowest BCUT2D eigenvalue weighted by Gasteiger charge is -2.33. The maximum atomic E-state index is 13.1. The van der Waals surface area contributed by atoms with Gasteiger partial charge in [-0.25, -0.2) is 4.39 Å². The molecule has 1 aliphatic heterocycles. The largest absolute Gasteiger partial charge is 0.396 e. The molecule has 4 heteroatoms. The van der Waals surface area contributed by atoms with Crippen LogP contribution < -0.4 is 0 Å². The van der Waals surface area contributed by atoms with E-state index in [9.17, 15) is 9.50 Å². The summed E-state index contributed by atoms with van der Waals surface area (Å²) in [7, 11) is 0. The van der Waals surface area contributed by atoms with Crippen LogP contribution >= 0.6 is 15.9 Å². The van der Waals surface area contributed by atoms with Crippen molar-refractivity contribution in [1.29, 1.82) is 0 Å². The van der Waals surface area contributed by atoms with Crippen molar-refractivity contribution in [3.8, 4) is 0 Å². The number of aliphatic hydroxyl groups excluding tert-OH is 1. The van der Waals surface area contributed by atoms with Gasteiger partial charge in [0, 0.05) is 16.5 Å². The van der Waals surface area contributed by atoms with Gasteiger partial charge in [0.1, 0.15) is 5.82 Å². The molecule has 0 amide bonds. The summed E-state index contributed by atoms with van der Waals surface area (Å²) in [5, 5.41) is 9.90. The second-order valence-electron chi connectivity index (χ2n) is 5.81. The number of hydrogen-bond donors (Lipinski definition) is 1. The third kappa shape index (κ3) is 2.58. The number of rotatable bonds is 4. The second kappa shape index (κ2) is 5.15. The molecule has 1 aromatic rings. The van der Waals surface area contributed by atoms with E-state index in [0.717, 1.165) is 29.5 Å². The van der Waals surface area contributed by atoms with Crippen molar-refractivity contribution in [2.75, 3.05) is 13.2 Å². The van der Waals surface area contributed by atoms with Crippen LogP contribution in [0.15, 0.2) is 22.7 Å². The Hall–Kier alpha value is -0.450. The molecule has 2 nitrogen and oxygen atoms in total. The summed E-state index contributed by atoms with van der Waals surface area (Å²) in [5.41, 5.74) is 0.855. The van der Waals surface area contributed by atoms with Crippen LogP contribution in [0.3, 0.4) is 0 Å². The standard InChI is InChI=1S/C15H18BrFO2/c16-13-7-12(17)4-3-11(13)8-15(9-18)5-6-19-14(15)10-1-2-10/h3-4,7,10,14,18H,1-2,5-6,8-9H2. The van der Waals surface area contributed by atoms with Gasteiger partial charge in [0.05, 0.1) is 12.7 Å². The van der Waals surface area contributed by atoms with Gasteiger partial charge in [0.15, 0.2) is 0 Å². The zero-order chi connectivity index (χ0) is 13.5. The first kappa shape index (κ1) is 13.5. The van der Waals surface area contributed by atoms with Crippen molar-refractivity contribution in [1.82, 2.24) is 0 Å². The highest BCUT2D eigenvalue weighted by atomic mass is 79.9. The molecule has 1 N–H and O–H groups in total. The molecule has 1 saturated heterocycles. The summed E-state index contributed by atoms with van der Waals surface area (Å²) < 4.78 is 19.8. The highest BCUT2D eigenvalue weighted by molar-refractivity contribution is 9.10. The molecule has 0 aromatic heterocycles. The zero-order valence-corrected chi connectivity index (χ0v) is 12.3. The van der Waals surface area contributed by atoms with E-state index >= 15 is 0 Å². The van der Waals surface area contributed by atoms with Crippen molar-refractivity contribution in [3.63, 3.8) is 0 Å². The maximum Gasteiger partial charge on any atom is 0.124 e. The van der Waals surface area contributed by atoms with Gasteiger partial charge >= 0.3 is 0 Å². The summed E-state index contributed by atoms with van der Waals surface area (Å²) in [5.74, 6) is 0.365. The monoisotopic (exact) mass is 328 g/mol. The van der Waals surface area contributed by atoms with Gasteiger partial charge in [0.25, 0.3) is 0 Å². The Balaban J connectivity index is 1.85. The average Bonchev–Trinajstić information content (AvgIpc) is 3.15. The lowest BCUT2D eigenvalue weighted by Crippen LogP contribution is -2.38. The predicted octanol–water partition coefficient (Wildman–Crippen LogP) is 3.31. The molecule has 0 radical (unpaired) electrons. The van der Waals surface area contributed by atoms with E-state index in [1.54, 1.807) is 6.07 Å². The van der Waals surface area contributed by atoms with Crippen LogP contribution in [0.5, 0.6) is 0 Å². The Labute approximate surface area is 121 Å². The fourth-order valence-electron chi connectivity index (χ4n) is 3.20. The molecule has 104 valence electrons. The van der Waals surface area contributed by atoms with Gasteiger partial charge < -0.3 is 9.84 Å². The predicted molar refractivity (Wildman–Crippen MR) is 74.4 cm³/mol. The first-order chi connectivity index (χ1) is 9.14. The molecule has 2 aliphatic rings. The smallest absolute Gasteiger partial charge is 0.124 e. The van der Waals surface area contributed by atoms with E-state index < -0.39 is 0 Å². The van der Waals surface area contributed by atoms with Crippen molar-refractivity contribution in [2.24, 2.45) is 11.3 Å². The molecule has 2 atom stereocenters. The molecule has 1 aromatic carbocycles. The number of benzene rings is 1. The molecular weight excluding hydrogens is 311 g/mol. The molecule has 3 rings (SSSR count). The number of halogens is 2. The van der Waals surface area contributed by atoms with E-state index in [0.29, 0.717) is 5.92 Å². The minimum Gasteiger partial charge on any atom is -0.396 e. The summed E-state index contributed by atoms with van der Waals surface area (Å²) in [6.45, 7) is 0.860. The Morgan fingerprint density at radius 1 is 1.42 bits per heavy atom. The number of hydrogen-bond acceptors (Lipinski definition) is 2. The van der Waals surface area contributed by atoms with Crippen LogP contribution in [0, 0.1) is 17.2 Å². The Kier molecular flexibility index (Phi) is 3.67. The first-order valence-corrected chi connectivity index (χ1v) is 7.60. The molecule has 2 fully saturated rings. The first-order valence-electron chi connectivity index (χ1n) is 6.81. The summed E-state index contributed by atoms with van der Waals surface area (Å²) in [6, 6.07) is 4.77. The summed E-state index contributed by atoms with van der Waals surface area (Å²) >= 11 is 3.42. The van der Waals surface area contributed by atoms with E-state index in [2.05, 4.69) is 15.9 Å². The normalized spacial score (nSPS) is 30.8. The fraction of sp³-hybridized carbons (Fsp3) is 0.600. The van der Waals surface area contributed by atoms with E-state index in [4.69, 9.17) is 4.74 Å². The summed E-state index contributed by atoms with van der Waals surface area (Å²) in [4.78, 5) is 0. The van der Waals surface area contributed by atoms with Crippen molar-refractivity contribution >= 4 is 15.9 Å². The lowest BCUT2D eigenvalue weighted by molar-refractivity contribution is 0.000502. The maximum absolute atomic E-state index is 13.1. The second-order valence-corrected chi connectivity index (χ2v) is 6.67. The molecule has 1 heterocycles. The van der Waals surface area contributed by atoms with Gasteiger partial charge in [-0.05, 0) is 49.3 Å². The number of aliphatic hydroxyl groups is 1. The Bertz CT molecular complexity index is 475. The minimum absolute atomic E-state index is 0.137. The van der Waals surface area contributed by atoms with Crippen molar-refractivity contribution in [3.05, 3.63) is 34.1 Å². The van der Waals surface area contributed by atoms with Crippen LogP contribution in [0.25, 0.3) is 0 Å². The minimum atomic E-state index is -0.241. The summed E-state index contributed by atoms with van der Waals surface area (Å²) in [6.07, 6.45) is 4.20. The Morgan fingerprint density at radius 2 is 2.21 bits per heavy atom. The molecule has 19 heavy (non-hydrogen) atoms. The highest BCUT2D eigenvalue weighted by Gasteiger charge is 2.50. The zero-order valence-electron chi connectivity index (χ0n) is 10.7. The average molecular weight is 329 g/mol. The van der Waals surface area contributed by atoms with Crippen molar-refractivity contribution < 1.29 is 14.2 Å². The molecule has 2 unspecified atom stereocenters. The van der Waals surface area contributed by atoms with Crippen LogP contribution in [0.4, 0.5) is 4.39 Å². The molecular formula is C15H18BrFO2. The van der Waals surface area contributed by atoms with Crippen LogP contribution in [0.2, 0.25) is 0 Å². The van der Waals surface area contributed by atoms with E-state index in [1.807, 2.05) is 0 Å². The van der Waals surface area contributed by atoms with Crippen LogP contribution in [-0.4, -0.2) is 24.4 Å². The fourth-order valence-corrected chi connectivity index (χ4v) is 3.69. The lowest BCUT2D eigenvalue weighted by atomic mass is 9.75. The highest BCUT2D eigenvalue weighted by Crippen LogP contribution is 2.49. The third-order valence-electron chi connectivity index (χ3n) is 4.42. The SMILES string of the molecule is OCC1(Cc2ccc(F)cc2Br)CCOC1C1CC1. The quantitative estimate of drug-likeness (QED) is 0.918. The van der Waals surface area contributed by atoms with E-state index in [1.165, 1.54) is 25.0 Å². The van der Waals surface area contributed by atoms with Gasteiger partial charge in [-0.3, -0.25) is 0 Å². The van der Waals surface area contributed by atoms with E-state index in [-0.39, 0.29) is 23.9 Å². The van der Waals surface area contributed by atoms with Gasteiger partial charge in [-0.15, -0.1) is 0 Å². The van der Waals surface area contributed by atoms with Crippen LogP contribution in [0.1, 0.15) is 24.8 Å². The van der Waals surface area contributed by atoms with Gasteiger partial charge in [-0.1, -0.05) is 22.0 Å². The molecule has 1 saturated carbocycles. The molecule has 1 aliphatic carbocycles.